The second kappa shape index (κ2) is 4.00. The van der Waals surface area contributed by atoms with Crippen molar-refractivity contribution in [3.63, 3.8) is 0 Å². The molecule has 0 fully saturated rings. The summed E-state index contributed by atoms with van der Waals surface area (Å²) in [7, 11) is 0. The van der Waals surface area contributed by atoms with Crippen molar-refractivity contribution in [2.45, 2.75) is 13.3 Å². The maximum Gasteiger partial charge on any atom is 0.223 e. The van der Waals surface area contributed by atoms with E-state index in [0.29, 0.717) is 0 Å². The van der Waals surface area contributed by atoms with Crippen molar-refractivity contribution in [3.8, 4) is 0 Å². The molecule has 0 aromatic carbocycles. The highest BCUT2D eigenvalue weighted by Gasteiger charge is 2.15. The molecule has 4 nitrogen and oxygen atoms in total. The third-order valence-electron chi connectivity index (χ3n) is 1.16. The zero-order chi connectivity index (χ0) is 8.15. The molecule has 0 radical (unpaired) electrons. The fraction of sp³-hybridized carbons (Fsp3) is 0.667. The molecular formula is C6H11NO3. The van der Waals surface area contributed by atoms with Gasteiger partial charge in [-0.05, 0) is 6.92 Å². The van der Waals surface area contributed by atoms with Crippen LogP contribution in [-0.4, -0.2) is 23.4 Å². The second-order valence-electron chi connectivity index (χ2n) is 2.19. The molecule has 0 unspecified atom stereocenters. The number of hydrogen-bond donors (Lipinski definition) is 2. The molecule has 3 N–H and O–H groups in total. The zero-order valence-corrected chi connectivity index (χ0v) is 5.83. The monoisotopic (exact) mass is 145 g/mol. The van der Waals surface area contributed by atoms with Gasteiger partial charge < -0.3 is 15.6 Å². The van der Waals surface area contributed by atoms with Gasteiger partial charge in [-0.1, -0.05) is 0 Å². The molecule has 10 heavy (non-hydrogen) atoms. The lowest BCUT2D eigenvalue weighted by molar-refractivity contribution is -0.127. The van der Waals surface area contributed by atoms with Crippen molar-refractivity contribution >= 4 is 11.7 Å². The Kier molecular flexibility index (Phi) is 3.64. The van der Waals surface area contributed by atoms with Crippen molar-refractivity contribution in [3.05, 3.63) is 0 Å². The summed E-state index contributed by atoms with van der Waals surface area (Å²) in [6, 6.07) is 0. The highest BCUT2D eigenvalue weighted by molar-refractivity contribution is 5.84. The van der Waals surface area contributed by atoms with E-state index < -0.39 is 11.8 Å². The van der Waals surface area contributed by atoms with Crippen LogP contribution in [-0.2, 0) is 9.59 Å². The Morgan fingerprint density at radius 3 is 2.20 bits per heavy atom. The van der Waals surface area contributed by atoms with Crippen LogP contribution in [0.15, 0.2) is 0 Å². The van der Waals surface area contributed by atoms with Crippen molar-refractivity contribution < 1.29 is 14.7 Å². The van der Waals surface area contributed by atoms with Crippen molar-refractivity contribution in [2.75, 3.05) is 6.61 Å². The normalized spacial score (nSPS) is 12.6. The van der Waals surface area contributed by atoms with E-state index in [2.05, 4.69) is 0 Å². The van der Waals surface area contributed by atoms with Crippen LogP contribution in [0, 0.1) is 5.92 Å². The van der Waals surface area contributed by atoms with Gasteiger partial charge in [0.15, 0.2) is 0 Å². The van der Waals surface area contributed by atoms with Gasteiger partial charge in [0.2, 0.25) is 5.91 Å². The molecule has 0 saturated heterocycles. The number of aliphatic hydroxyl groups is 1. The van der Waals surface area contributed by atoms with Gasteiger partial charge in [-0.15, -0.1) is 0 Å². The van der Waals surface area contributed by atoms with Gasteiger partial charge in [0.05, 0.1) is 12.5 Å². The SMILES string of the molecule is CC(=O)C[C@@H](CO)C(N)=O. The summed E-state index contributed by atoms with van der Waals surface area (Å²) in [5.41, 5.74) is 4.84. The number of ketones is 1. The number of carbonyl (C=O) groups is 2. The minimum Gasteiger partial charge on any atom is -0.396 e. The predicted octanol–water partition coefficient (Wildman–Crippen LogP) is -0.941. The third kappa shape index (κ3) is 3.19. The van der Waals surface area contributed by atoms with Crippen molar-refractivity contribution in [2.24, 2.45) is 11.7 Å². The quantitative estimate of drug-likeness (QED) is 0.535. The van der Waals surface area contributed by atoms with E-state index in [4.69, 9.17) is 10.8 Å². The Morgan fingerprint density at radius 2 is 2.10 bits per heavy atom. The van der Waals surface area contributed by atoms with Crippen molar-refractivity contribution in [1.29, 1.82) is 0 Å². The number of amides is 1. The number of carbonyl (C=O) groups excluding carboxylic acids is 2. The number of primary amides is 1. The number of aliphatic hydroxyl groups excluding tert-OH is 1. The molecular weight excluding hydrogens is 134 g/mol. The molecule has 1 amide bonds. The lowest BCUT2D eigenvalue weighted by Crippen LogP contribution is -2.27. The molecule has 0 aliphatic rings. The lowest BCUT2D eigenvalue weighted by atomic mass is 10.0. The fourth-order valence-electron chi connectivity index (χ4n) is 0.602. The average Bonchev–Trinajstić information content (AvgIpc) is 1.81. The summed E-state index contributed by atoms with van der Waals surface area (Å²) in [5.74, 6) is -1.48. The van der Waals surface area contributed by atoms with Crippen LogP contribution in [0.5, 0.6) is 0 Å². The topological polar surface area (TPSA) is 80.4 Å². The highest BCUT2D eigenvalue weighted by Crippen LogP contribution is 2.00. The Hall–Kier alpha value is -0.900. The Bertz CT molecular complexity index is 144. The smallest absolute Gasteiger partial charge is 0.223 e. The van der Waals surface area contributed by atoms with Crippen LogP contribution in [0.2, 0.25) is 0 Å². The fourth-order valence-corrected chi connectivity index (χ4v) is 0.602. The van der Waals surface area contributed by atoms with Crippen LogP contribution in [0.25, 0.3) is 0 Å². The average molecular weight is 145 g/mol. The van der Waals surface area contributed by atoms with Crippen LogP contribution in [0.4, 0.5) is 0 Å². The van der Waals surface area contributed by atoms with Gasteiger partial charge in [0, 0.05) is 6.42 Å². The standard InChI is InChI=1S/C6H11NO3/c1-4(9)2-5(3-8)6(7)10/h5,8H,2-3H2,1H3,(H2,7,10)/t5-/m0/s1. The molecule has 0 aliphatic carbocycles. The van der Waals surface area contributed by atoms with E-state index in [1.807, 2.05) is 0 Å². The molecule has 0 bridgehead atoms. The van der Waals surface area contributed by atoms with Gasteiger partial charge in [0.1, 0.15) is 5.78 Å². The first-order valence-electron chi connectivity index (χ1n) is 2.97. The van der Waals surface area contributed by atoms with E-state index in [1.165, 1.54) is 6.92 Å². The van der Waals surface area contributed by atoms with Crippen LogP contribution < -0.4 is 5.73 Å². The second-order valence-corrected chi connectivity index (χ2v) is 2.19. The predicted molar refractivity (Wildman–Crippen MR) is 35.1 cm³/mol. The molecule has 0 aromatic rings. The van der Waals surface area contributed by atoms with Gasteiger partial charge in [0.25, 0.3) is 0 Å². The number of rotatable bonds is 4. The Morgan fingerprint density at radius 1 is 1.60 bits per heavy atom. The molecule has 1 atom stereocenters. The van der Waals surface area contributed by atoms with E-state index >= 15 is 0 Å². The summed E-state index contributed by atoms with van der Waals surface area (Å²) in [6.45, 7) is 1.00. The molecule has 4 heteroatoms. The number of hydrogen-bond acceptors (Lipinski definition) is 3. The summed E-state index contributed by atoms with van der Waals surface area (Å²) < 4.78 is 0. The van der Waals surface area contributed by atoms with Crippen LogP contribution >= 0.6 is 0 Å². The van der Waals surface area contributed by atoms with E-state index in [1.54, 1.807) is 0 Å². The minimum atomic E-state index is -0.711. The van der Waals surface area contributed by atoms with Crippen molar-refractivity contribution in [1.82, 2.24) is 0 Å². The maximum absolute atomic E-state index is 10.4. The summed E-state index contributed by atoms with van der Waals surface area (Å²) >= 11 is 0. The zero-order valence-electron chi connectivity index (χ0n) is 5.83. The van der Waals surface area contributed by atoms with Gasteiger partial charge in [-0.2, -0.15) is 0 Å². The molecule has 0 saturated carbocycles. The summed E-state index contributed by atoms with van der Waals surface area (Å²) in [6.07, 6.45) is 0.0336. The van der Waals surface area contributed by atoms with E-state index in [-0.39, 0.29) is 18.8 Å². The maximum atomic E-state index is 10.4. The third-order valence-corrected chi connectivity index (χ3v) is 1.16. The van der Waals surface area contributed by atoms with E-state index in [0.717, 1.165) is 0 Å². The first-order chi connectivity index (χ1) is 4.57. The van der Waals surface area contributed by atoms with Gasteiger partial charge >= 0.3 is 0 Å². The molecule has 0 heterocycles. The Balaban J connectivity index is 3.83. The number of Topliss-reactive ketones (excluding diaryl/α,β-unsaturated/α-hetero) is 1. The van der Waals surface area contributed by atoms with Crippen LogP contribution in [0.3, 0.4) is 0 Å². The van der Waals surface area contributed by atoms with Gasteiger partial charge in [-0.3, -0.25) is 4.79 Å². The molecule has 0 aliphatic heterocycles. The minimum absolute atomic E-state index is 0.0336. The van der Waals surface area contributed by atoms with E-state index in [9.17, 15) is 9.59 Å². The molecule has 0 spiro atoms. The first kappa shape index (κ1) is 9.10. The molecule has 0 rings (SSSR count). The van der Waals surface area contributed by atoms with Gasteiger partial charge in [-0.25, -0.2) is 0 Å². The summed E-state index contributed by atoms with van der Waals surface area (Å²) in [4.78, 5) is 20.8. The molecule has 58 valence electrons. The largest absolute Gasteiger partial charge is 0.396 e. The number of nitrogens with two attached hydrogens (primary N) is 1. The van der Waals surface area contributed by atoms with Crippen LogP contribution in [0.1, 0.15) is 13.3 Å². The first-order valence-corrected chi connectivity index (χ1v) is 2.97. The molecule has 0 aromatic heterocycles. The lowest BCUT2D eigenvalue weighted by Gasteiger charge is -2.05. The summed E-state index contributed by atoms with van der Waals surface area (Å²) in [5, 5.41) is 8.49. The Labute approximate surface area is 59.0 Å². The highest BCUT2D eigenvalue weighted by atomic mass is 16.3.